The molecule has 0 saturated heterocycles. The van der Waals surface area contributed by atoms with E-state index >= 15 is 0 Å². The van der Waals surface area contributed by atoms with E-state index in [4.69, 9.17) is 0 Å². The van der Waals surface area contributed by atoms with Crippen molar-refractivity contribution in [1.82, 2.24) is 10.2 Å². The molecule has 19 heavy (non-hydrogen) atoms. The highest BCUT2D eigenvalue weighted by atomic mass is 16.1. The molecule has 0 bridgehead atoms. The molecule has 0 aliphatic carbocycles. The minimum Gasteiger partial charge on any atom is -0.306 e. The van der Waals surface area contributed by atoms with Gasteiger partial charge in [-0.25, -0.2) is 0 Å². The summed E-state index contributed by atoms with van der Waals surface area (Å²) in [6.45, 7) is 4.06. The van der Waals surface area contributed by atoms with E-state index in [1.54, 1.807) is 6.08 Å². The number of aryl methyl sites for hydroxylation is 2. The van der Waals surface area contributed by atoms with Gasteiger partial charge < -0.3 is 5.32 Å². The summed E-state index contributed by atoms with van der Waals surface area (Å²) in [7, 11) is 0. The Kier molecular flexibility index (Phi) is 4.13. The SMILES string of the molecule is CCc1cc(NC(=O)/C=C/c2ccc(C)cc2)n[nH]1. The van der Waals surface area contributed by atoms with Crippen LogP contribution in [0.4, 0.5) is 5.82 Å². The van der Waals surface area contributed by atoms with Crippen LogP contribution in [0.15, 0.2) is 36.4 Å². The number of rotatable bonds is 4. The summed E-state index contributed by atoms with van der Waals surface area (Å²) in [6, 6.07) is 9.81. The van der Waals surface area contributed by atoms with Crippen LogP contribution in [0.1, 0.15) is 23.7 Å². The van der Waals surface area contributed by atoms with E-state index in [0.29, 0.717) is 5.82 Å². The number of nitrogens with one attached hydrogen (secondary N) is 2. The number of nitrogens with zero attached hydrogens (tertiary/aromatic N) is 1. The smallest absolute Gasteiger partial charge is 0.249 e. The van der Waals surface area contributed by atoms with Crippen LogP contribution >= 0.6 is 0 Å². The van der Waals surface area contributed by atoms with Crippen LogP contribution in [0.5, 0.6) is 0 Å². The maximum absolute atomic E-state index is 11.7. The molecule has 1 heterocycles. The Labute approximate surface area is 112 Å². The molecule has 0 radical (unpaired) electrons. The Bertz CT molecular complexity index is 582. The van der Waals surface area contributed by atoms with E-state index in [0.717, 1.165) is 17.7 Å². The predicted octanol–water partition coefficient (Wildman–Crippen LogP) is 2.93. The van der Waals surface area contributed by atoms with E-state index in [2.05, 4.69) is 15.5 Å². The maximum Gasteiger partial charge on any atom is 0.249 e. The third-order valence-corrected chi connectivity index (χ3v) is 2.77. The molecule has 0 aliphatic heterocycles. The monoisotopic (exact) mass is 255 g/mol. The molecule has 4 nitrogen and oxygen atoms in total. The number of carbonyl (C=O) groups is 1. The fraction of sp³-hybridized carbons (Fsp3) is 0.200. The summed E-state index contributed by atoms with van der Waals surface area (Å²) in [5, 5.41) is 9.56. The number of hydrogen-bond donors (Lipinski definition) is 2. The van der Waals surface area contributed by atoms with E-state index in [-0.39, 0.29) is 5.91 Å². The van der Waals surface area contributed by atoms with E-state index in [1.165, 1.54) is 11.6 Å². The first-order valence-electron chi connectivity index (χ1n) is 6.27. The fourth-order valence-electron chi connectivity index (χ4n) is 1.62. The highest BCUT2D eigenvalue weighted by Gasteiger charge is 2.01. The maximum atomic E-state index is 11.7. The summed E-state index contributed by atoms with van der Waals surface area (Å²) in [5.41, 5.74) is 3.19. The molecule has 2 aromatic rings. The second kappa shape index (κ2) is 6.00. The highest BCUT2D eigenvalue weighted by molar-refractivity contribution is 6.01. The van der Waals surface area contributed by atoms with Crippen molar-refractivity contribution in [3.63, 3.8) is 0 Å². The van der Waals surface area contributed by atoms with Gasteiger partial charge in [0.1, 0.15) is 0 Å². The highest BCUT2D eigenvalue weighted by Crippen LogP contribution is 2.07. The molecule has 0 atom stereocenters. The van der Waals surface area contributed by atoms with Gasteiger partial charge in [-0.05, 0) is 25.0 Å². The molecule has 4 heteroatoms. The van der Waals surface area contributed by atoms with Crippen molar-refractivity contribution in [3.8, 4) is 0 Å². The zero-order valence-corrected chi connectivity index (χ0v) is 11.1. The molecule has 1 amide bonds. The van der Waals surface area contributed by atoms with E-state index < -0.39 is 0 Å². The number of anilines is 1. The van der Waals surface area contributed by atoms with Crippen molar-refractivity contribution in [2.45, 2.75) is 20.3 Å². The quantitative estimate of drug-likeness (QED) is 0.825. The van der Waals surface area contributed by atoms with Gasteiger partial charge in [-0.1, -0.05) is 36.8 Å². The standard InChI is InChI=1S/C15H17N3O/c1-3-13-10-14(18-17-13)16-15(19)9-8-12-6-4-11(2)5-7-12/h4-10H,3H2,1-2H3,(H2,16,17,18,19)/b9-8+. The molecule has 2 rings (SSSR count). The second-order valence-corrected chi connectivity index (χ2v) is 4.37. The van der Waals surface area contributed by atoms with E-state index in [1.807, 2.05) is 44.2 Å². The summed E-state index contributed by atoms with van der Waals surface area (Å²) in [5.74, 6) is 0.366. The van der Waals surface area contributed by atoms with Crippen LogP contribution in [0.2, 0.25) is 0 Å². The molecule has 0 saturated carbocycles. The molecule has 2 N–H and O–H groups in total. The minimum absolute atomic E-state index is 0.185. The van der Waals surface area contributed by atoms with Crippen LogP contribution < -0.4 is 5.32 Å². The lowest BCUT2D eigenvalue weighted by molar-refractivity contribution is -0.111. The average molecular weight is 255 g/mol. The number of benzene rings is 1. The molecular formula is C15H17N3O. The summed E-state index contributed by atoms with van der Waals surface area (Å²) >= 11 is 0. The molecule has 1 aromatic carbocycles. The molecule has 98 valence electrons. The van der Waals surface area contributed by atoms with Crippen molar-refractivity contribution < 1.29 is 4.79 Å². The lowest BCUT2D eigenvalue weighted by Crippen LogP contribution is -2.07. The molecule has 1 aromatic heterocycles. The summed E-state index contributed by atoms with van der Waals surface area (Å²) < 4.78 is 0. The van der Waals surface area contributed by atoms with Crippen LogP contribution in [0, 0.1) is 6.92 Å². The lowest BCUT2D eigenvalue weighted by Gasteiger charge is -1.96. The van der Waals surface area contributed by atoms with Crippen molar-refractivity contribution in [2.24, 2.45) is 0 Å². The van der Waals surface area contributed by atoms with Crippen molar-refractivity contribution in [3.05, 3.63) is 53.2 Å². The summed E-state index contributed by atoms with van der Waals surface area (Å²) in [6.07, 6.45) is 4.15. The molecule has 0 fully saturated rings. The molecule has 0 spiro atoms. The Morgan fingerprint density at radius 3 is 2.74 bits per heavy atom. The van der Waals surface area contributed by atoms with Gasteiger partial charge in [-0.15, -0.1) is 0 Å². The number of carbonyl (C=O) groups excluding carboxylic acids is 1. The molecule has 0 unspecified atom stereocenters. The molecular weight excluding hydrogens is 238 g/mol. The first-order chi connectivity index (χ1) is 9.17. The lowest BCUT2D eigenvalue weighted by atomic mass is 10.1. The number of amides is 1. The Morgan fingerprint density at radius 1 is 1.37 bits per heavy atom. The largest absolute Gasteiger partial charge is 0.306 e. The van der Waals surface area contributed by atoms with Crippen molar-refractivity contribution in [1.29, 1.82) is 0 Å². The van der Waals surface area contributed by atoms with Gasteiger partial charge in [0.2, 0.25) is 5.91 Å². The van der Waals surface area contributed by atoms with Crippen LogP contribution in [0.3, 0.4) is 0 Å². The Hall–Kier alpha value is -2.36. The van der Waals surface area contributed by atoms with Gasteiger partial charge in [-0.2, -0.15) is 5.10 Å². The third kappa shape index (κ3) is 3.81. The van der Waals surface area contributed by atoms with Gasteiger partial charge in [0.05, 0.1) is 0 Å². The van der Waals surface area contributed by atoms with Gasteiger partial charge in [0, 0.05) is 17.8 Å². The summed E-state index contributed by atoms with van der Waals surface area (Å²) in [4.78, 5) is 11.7. The Morgan fingerprint density at radius 2 is 2.11 bits per heavy atom. The normalized spacial score (nSPS) is 10.8. The van der Waals surface area contributed by atoms with Gasteiger partial charge in [0.15, 0.2) is 5.82 Å². The first kappa shape index (κ1) is 13.1. The third-order valence-electron chi connectivity index (χ3n) is 2.77. The van der Waals surface area contributed by atoms with Crippen LogP contribution in [-0.4, -0.2) is 16.1 Å². The zero-order chi connectivity index (χ0) is 13.7. The topological polar surface area (TPSA) is 57.8 Å². The van der Waals surface area contributed by atoms with Gasteiger partial charge in [0.25, 0.3) is 0 Å². The van der Waals surface area contributed by atoms with Crippen LogP contribution in [-0.2, 0) is 11.2 Å². The number of aromatic nitrogens is 2. The van der Waals surface area contributed by atoms with Crippen LogP contribution in [0.25, 0.3) is 6.08 Å². The number of aromatic amines is 1. The van der Waals surface area contributed by atoms with Gasteiger partial charge >= 0.3 is 0 Å². The first-order valence-corrected chi connectivity index (χ1v) is 6.27. The number of H-pyrrole nitrogens is 1. The number of hydrogen-bond acceptors (Lipinski definition) is 2. The van der Waals surface area contributed by atoms with E-state index in [9.17, 15) is 4.79 Å². The Balaban J connectivity index is 1.95. The fourth-order valence-corrected chi connectivity index (χ4v) is 1.62. The average Bonchev–Trinajstić information content (AvgIpc) is 2.86. The molecule has 0 aliphatic rings. The predicted molar refractivity (Wildman–Crippen MR) is 76.8 cm³/mol. The van der Waals surface area contributed by atoms with Crippen molar-refractivity contribution in [2.75, 3.05) is 5.32 Å². The van der Waals surface area contributed by atoms with Crippen molar-refractivity contribution >= 4 is 17.8 Å². The minimum atomic E-state index is -0.185. The second-order valence-electron chi connectivity index (χ2n) is 4.37. The van der Waals surface area contributed by atoms with Gasteiger partial charge in [-0.3, -0.25) is 9.89 Å². The zero-order valence-electron chi connectivity index (χ0n) is 11.1.